The van der Waals surface area contributed by atoms with E-state index in [1.807, 2.05) is 37.3 Å². The van der Waals surface area contributed by atoms with Crippen LogP contribution in [0.15, 0.2) is 30.3 Å². The van der Waals surface area contributed by atoms with Gasteiger partial charge in [0.15, 0.2) is 0 Å². The quantitative estimate of drug-likeness (QED) is 0.463. The highest BCUT2D eigenvalue weighted by Gasteiger charge is 1.97. The van der Waals surface area contributed by atoms with E-state index in [1.54, 1.807) is 0 Å². The molecule has 0 unspecified atom stereocenters. The third kappa shape index (κ3) is 4.72. The molecule has 0 saturated carbocycles. The third-order valence-corrected chi connectivity index (χ3v) is 1.65. The monoisotopic (exact) mass is 203 g/mol. The highest BCUT2D eigenvalue weighted by Crippen LogP contribution is 1.94. The molecule has 0 spiro atoms. The van der Waals surface area contributed by atoms with Gasteiger partial charge < -0.3 is 4.84 Å². The second-order valence-electron chi connectivity index (χ2n) is 2.94. The Labute approximate surface area is 89.4 Å². The van der Waals surface area contributed by atoms with Crippen molar-refractivity contribution in [2.45, 2.75) is 19.8 Å². The van der Waals surface area contributed by atoms with Crippen molar-refractivity contribution < 1.29 is 9.63 Å². The predicted molar refractivity (Wildman–Crippen MR) is 57.5 cm³/mol. The van der Waals surface area contributed by atoms with Crippen molar-refractivity contribution in [3.05, 3.63) is 35.9 Å². The molecule has 3 nitrogen and oxygen atoms in total. The van der Waals surface area contributed by atoms with Crippen LogP contribution >= 0.6 is 0 Å². The number of hydrogen-bond acceptors (Lipinski definition) is 3. The van der Waals surface area contributed by atoms with Crippen LogP contribution in [0.3, 0.4) is 0 Å². The van der Waals surface area contributed by atoms with Crippen LogP contribution in [0, 0.1) is 12.0 Å². The molecule has 0 aliphatic heterocycles. The lowest BCUT2D eigenvalue weighted by Crippen LogP contribution is -2.14. The number of carbonyl (C=O) groups excluding carboxylic acids is 1. The summed E-state index contributed by atoms with van der Waals surface area (Å²) in [6.45, 7) is 1.91. The topological polar surface area (TPSA) is 38.3 Å². The van der Waals surface area contributed by atoms with E-state index in [9.17, 15) is 4.79 Å². The third-order valence-electron chi connectivity index (χ3n) is 1.65. The lowest BCUT2D eigenvalue weighted by Gasteiger charge is -1.97. The van der Waals surface area contributed by atoms with Gasteiger partial charge >= 0.3 is 5.97 Å². The Morgan fingerprint density at radius 1 is 1.40 bits per heavy atom. The number of carbonyl (C=O) groups is 1. The highest BCUT2D eigenvalue weighted by molar-refractivity contribution is 5.68. The van der Waals surface area contributed by atoms with Gasteiger partial charge in [0.2, 0.25) is 0 Å². The number of hydroxylamine groups is 1. The largest absolute Gasteiger partial charge is 0.336 e. The van der Waals surface area contributed by atoms with Gasteiger partial charge in [-0.2, -0.15) is 5.48 Å². The van der Waals surface area contributed by atoms with E-state index < -0.39 is 0 Å². The minimum absolute atomic E-state index is 0.292. The normalized spacial score (nSPS) is 8.60. The van der Waals surface area contributed by atoms with Gasteiger partial charge in [0.05, 0.1) is 0 Å². The number of benzene rings is 1. The molecule has 3 heteroatoms. The van der Waals surface area contributed by atoms with Gasteiger partial charge in [-0.15, -0.1) is 0 Å². The van der Waals surface area contributed by atoms with Gasteiger partial charge in [0.25, 0.3) is 0 Å². The first-order valence-corrected chi connectivity index (χ1v) is 4.83. The van der Waals surface area contributed by atoms with E-state index >= 15 is 0 Å². The van der Waals surface area contributed by atoms with Gasteiger partial charge in [-0.05, 0) is 24.5 Å². The molecule has 1 aromatic carbocycles. The first-order valence-electron chi connectivity index (χ1n) is 4.83. The molecule has 1 rings (SSSR count). The number of hydrogen-bond donors (Lipinski definition) is 1. The van der Waals surface area contributed by atoms with Crippen molar-refractivity contribution in [1.82, 2.24) is 5.48 Å². The predicted octanol–water partition coefficient (Wildman–Crippen LogP) is 1.84. The van der Waals surface area contributed by atoms with E-state index in [4.69, 9.17) is 0 Å². The molecule has 1 N–H and O–H groups in total. The minimum Gasteiger partial charge on any atom is -0.336 e. The van der Waals surface area contributed by atoms with E-state index in [1.165, 1.54) is 0 Å². The summed E-state index contributed by atoms with van der Waals surface area (Å²) in [4.78, 5) is 15.5. The van der Waals surface area contributed by atoms with E-state index in [-0.39, 0.29) is 5.97 Å². The maximum absolute atomic E-state index is 10.9. The smallest absolute Gasteiger partial charge is 0.332 e. The van der Waals surface area contributed by atoms with Crippen molar-refractivity contribution >= 4 is 5.97 Å². The zero-order chi connectivity index (χ0) is 10.9. The first-order chi connectivity index (χ1) is 7.33. The van der Waals surface area contributed by atoms with Gasteiger partial charge in [-0.25, -0.2) is 4.79 Å². The van der Waals surface area contributed by atoms with Crippen LogP contribution in [-0.2, 0) is 9.63 Å². The number of rotatable bonds is 3. The summed E-state index contributed by atoms with van der Waals surface area (Å²) < 4.78 is 0. The van der Waals surface area contributed by atoms with Gasteiger partial charge in [0, 0.05) is 18.0 Å². The molecular weight excluding hydrogens is 190 g/mol. The molecule has 0 bridgehead atoms. The average Bonchev–Trinajstić information content (AvgIpc) is 2.26. The maximum atomic E-state index is 10.9. The van der Waals surface area contributed by atoms with E-state index in [0.29, 0.717) is 6.42 Å². The zero-order valence-electron chi connectivity index (χ0n) is 8.62. The summed E-state index contributed by atoms with van der Waals surface area (Å²) >= 11 is 0. The second-order valence-corrected chi connectivity index (χ2v) is 2.94. The fraction of sp³-hybridized carbons (Fsp3) is 0.250. The standard InChI is InChI=1S/C12H13NO2/c1-2-6-12(14)15-13-10-9-11-7-4-3-5-8-11/h3-5,7-8,13H,2,6H2,1H3. The van der Waals surface area contributed by atoms with Crippen molar-refractivity contribution in [2.75, 3.05) is 0 Å². The van der Waals surface area contributed by atoms with Gasteiger partial charge in [-0.3, -0.25) is 0 Å². The first kappa shape index (κ1) is 11.1. The Balaban J connectivity index is 2.32. The average molecular weight is 203 g/mol. The van der Waals surface area contributed by atoms with Crippen molar-refractivity contribution in [1.29, 1.82) is 0 Å². The van der Waals surface area contributed by atoms with Crippen LogP contribution in [0.2, 0.25) is 0 Å². The molecule has 78 valence electrons. The molecule has 0 saturated heterocycles. The molecule has 0 aliphatic carbocycles. The molecule has 0 amide bonds. The summed E-state index contributed by atoms with van der Waals surface area (Å²) in [6.07, 6.45) is 1.17. The molecule has 0 atom stereocenters. The van der Waals surface area contributed by atoms with Crippen LogP contribution in [0.1, 0.15) is 25.3 Å². The Hall–Kier alpha value is -1.95. The zero-order valence-corrected chi connectivity index (χ0v) is 8.62. The molecule has 15 heavy (non-hydrogen) atoms. The molecule has 0 aliphatic rings. The molecular formula is C12H13NO2. The highest BCUT2D eigenvalue weighted by atomic mass is 16.7. The van der Waals surface area contributed by atoms with Crippen LogP contribution in [0.25, 0.3) is 0 Å². The fourth-order valence-corrected chi connectivity index (χ4v) is 0.957. The van der Waals surface area contributed by atoms with Gasteiger partial charge in [0.1, 0.15) is 0 Å². The maximum Gasteiger partial charge on any atom is 0.332 e. The summed E-state index contributed by atoms with van der Waals surface area (Å²) in [5, 5.41) is 0. The van der Waals surface area contributed by atoms with Crippen LogP contribution in [0.4, 0.5) is 0 Å². The molecule has 1 aromatic rings. The lowest BCUT2D eigenvalue weighted by molar-refractivity contribution is -0.148. The fourth-order valence-electron chi connectivity index (χ4n) is 0.957. The Morgan fingerprint density at radius 3 is 2.80 bits per heavy atom. The number of nitrogens with one attached hydrogen (secondary N) is 1. The van der Waals surface area contributed by atoms with Crippen LogP contribution in [0.5, 0.6) is 0 Å². The van der Waals surface area contributed by atoms with Crippen molar-refractivity contribution in [2.24, 2.45) is 0 Å². The summed E-state index contributed by atoms with van der Waals surface area (Å²) in [5.41, 5.74) is 3.18. The Morgan fingerprint density at radius 2 is 2.13 bits per heavy atom. The minimum atomic E-state index is -0.292. The molecule has 0 heterocycles. The van der Waals surface area contributed by atoms with Gasteiger partial charge in [-0.1, -0.05) is 25.1 Å². The summed E-state index contributed by atoms with van der Waals surface area (Å²) in [5.74, 6) is 2.51. The molecule has 0 fully saturated rings. The van der Waals surface area contributed by atoms with Crippen LogP contribution < -0.4 is 5.48 Å². The Kier molecular flexibility index (Phi) is 4.82. The summed E-state index contributed by atoms with van der Waals surface area (Å²) in [6, 6.07) is 12.0. The molecule has 0 radical (unpaired) electrons. The van der Waals surface area contributed by atoms with E-state index in [2.05, 4.69) is 22.3 Å². The molecule has 0 aromatic heterocycles. The SMILES string of the molecule is CCCC(=O)ONC#Cc1ccccc1. The van der Waals surface area contributed by atoms with Crippen LogP contribution in [-0.4, -0.2) is 5.97 Å². The Bertz CT molecular complexity index is 362. The lowest BCUT2D eigenvalue weighted by atomic mass is 10.2. The van der Waals surface area contributed by atoms with Crippen molar-refractivity contribution in [3.63, 3.8) is 0 Å². The summed E-state index contributed by atoms with van der Waals surface area (Å²) in [7, 11) is 0. The van der Waals surface area contributed by atoms with E-state index in [0.717, 1.165) is 12.0 Å². The second kappa shape index (κ2) is 6.50. The van der Waals surface area contributed by atoms with Crippen molar-refractivity contribution in [3.8, 4) is 12.0 Å².